The fraction of sp³-hybridized carbons (Fsp3) is 0.562. The molecule has 0 unspecified atom stereocenters. The lowest BCUT2D eigenvalue weighted by Crippen LogP contribution is -2.38. The Kier molecular flexibility index (Phi) is 4.56. The van der Waals surface area contributed by atoms with Crippen molar-refractivity contribution in [2.45, 2.75) is 39.0 Å². The molecule has 3 rings (SSSR count). The summed E-state index contributed by atoms with van der Waals surface area (Å²) in [6, 6.07) is 3.96. The van der Waals surface area contributed by atoms with Crippen molar-refractivity contribution in [1.82, 2.24) is 20.0 Å². The second-order valence-corrected chi connectivity index (χ2v) is 6.25. The van der Waals surface area contributed by atoms with Crippen molar-refractivity contribution in [3.8, 4) is 0 Å². The molecule has 23 heavy (non-hydrogen) atoms. The van der Waals surface area contributed by atoms with E-state index in [1.165, 1.54) is 0 Å². The van der Waals surface area contributed by atoms with Crippen molar-refractivity contribution in [3.05, 3.63) is 35.6 Å². The van der Waals surface area contributed by atoms with Crippen LogP contribution in [0.5, 0.6) is 0 Å². The van der Waals surface area contributed by atoms with Crippen molar-refractivity contribution in [3.63, 3.8) is 0 Å². The normalized spacial score (nSPS) is 21.7. The first kappa shape index (κ1) is 15.9. The predicted octanol–water partition coefficient (Wildman–Crippen LogP) is 2.13. The van der Waals surface area contributed by atoms with Gasteiger partial charge < -0.3 is 9.42 Å². The third kappa shape index (κ3) is 3.85. The average molecular weight is 319 g/mol. The van der Waals surface area contributed by atoms with Crippen molar-refractivity contribution in [2.75, 3.05) is 25.0 Å². The number of likely N-dealkylation sites (N-methyl/N-ethyl adjacent to an activating group) is 1. The molecular formula is C16H22FN5O. The van der Waals surface area contributed by atoms with Crippen molar-refractivity contribution in [2.24, 2.45) is 0 Å². The van der Waals surface area contributed by atoms with Crippen LogP contribution in [0, 0.1) is 13.8 Å². The van der Waals surface area contributed by atoms with Gasteiger partial charge in [-0.25, -0.2) is 14.4 Å². The third-order valence-corrected chi connectivity index (χ3v) is 4.18. The Labute approximate surface area is 135 Å². The van der Waals surface area contributed by atoms with E-state index in [9.17, 15) is 4.39 Å². The molecule has 2 atom stereocenters. The molecule has 0 aliphatic carbocycles. The van der Waals surface area contributed by atoms with E-state index in [2.05, 4.69) is 24.9 Å². The van der Waals surface area contributed by atoms with E-state index in [-0.39, 0.29) is 6.04 Å². The number of hydrogen-bond acceptors (Lipinski definition) is 6. The maximum Gasteiger partial charge on any atom is 0.150 e. The first-order valence-electron chi connectivity index (χ1n) is 7.81. The molecule has 1 saturated heterocycles. The Morgan fingerprint density at radius 3 is 2.83 bits per heavy atom. The first-order valence-corrected chi connectivity index (χ1v) is 7.81. The van der Waals surface area contributed by atoms with Gasteiger partial charge in [0.1, 0.15) is 18.3 Å². The van der Waals surface area contributed by atoms with Crippen LogP contribution in [0.1, 0.15) is 23.6 Å². The molecule has 0 aromatic carbocycles. The van der Waals surface area contributed by atoms with Gasteiger partial charge in [-0.3, -0.25) is 4.90 Å². The lowest BCUT2D eigenvalue weighted by atomic mass is 10.2. The number of anilines is 1. The summed E-state index contributed by atoms with van der Waals surface area (Å²) in [6.45, 7) is 5.55. The van der Waals surface area contributed by atoms with Crippen molar-refractivity contribution >= 4 is 5.82 Å². The molecule has 1 aliphatic heterocycles. The molecule has 0 radical (unpaired) electrons. The second kappa shape index (κ2) is 6.62. The highest BCUT2D eigenvalue weighted by Gasteiger charge is 2.33. The topological polar surface area (TPSA) is 58.3 Å². The van der Waals surface area contributed by atoms with Crippen molar-refractivity contribution in [1.29, 1.82) is 0 Å². The summed E-state index contributed by atoms with van der Waals surface area (Å²) in [5, 5.41) is 3.90. The largest absolute Gasteiger partial charge is 0.360 e. The van der Waals surface area contributed by atoms with Gasteiger partial charge in [-0.15, -0.1) is 0 Å². The Balaban J connectivity index is 1.67. The maximum atomic E-state index is 13.9. The number of nitrogens with zero attached hydrogens (tertiary/aromatic N) is 5. The maximum absolute atomic E-state index is 13.9. The standard InChI is InChI=1S/C16H22FN5O/c1-11-5-16(19-10-18-11)21(3)8-14-6-13(17)7-22(14)9-15-4-12(2)20-23-15/h4-5,10,13-14H,6-9H2,1-3H3/t13-,14-/m0/s1. The highest BCUT2D eigenvalue weighted by Crippen LogP contribution is 2.24. The number of alkyl halides is 1. The lowest BCUT2D eigenvalue weighted by Gasteiger charge is -2.28. The average Bonchev–Trinajstić information content (AvgIpc) is 3.05. The highest BCUT2D eigenvalue weighted by molar-refractivity contribution is 5.37. The van der Waals surface area contributed by atoms with E-state index in [0.717, 1.165) is 23.0 Å². The minimum Gasteiger partial charge on any atom is -0.360 e. The molecule has 124 valence electrons. The zero-order valence-electron chi connectivity index (χ0n) is 13.7. The van der Waals surface area contributed by atoms with Crippen LogP contribution in [0.25, 0.3) is 0 Å². The van der Waals surface area contributed by atoms with E-state index >= 15 is 0 Å². The molecule has 0 bridgehead atoms. The molecule has 0 amide bonds. The minimum atomic E-state index is -0.801. The minimum absolute atomic E-state index is 0.121. The summed E-state index contributed by atoms with van der Waals surface area (Å²) in [7, 11) is 1.98. The van der Waals surface area contributed by atoms with E-state index in [1.54, 1.807) is 6.33 Å². The number of hydrogen-bond donors (Lipinski definition) is 0. The van der Waals surface area contributed by atoms with Gasteiger partial charge in [-0.05, 0) is 20.3 Å². The van der Waals surface area contributed by atoms with Crippen molar-refractivity contribution < 1.29 is 8.91 Å². The second-order valence-electron chi connectivity index (χ2n) is 6.25. The zero-order valence-corrected chi connectivity index (χ0v) is 13.7. The fourth-order valence-electron chi connectivity index (χ4n) is 3.06. The molecule has 6 nitrogen and oxygen atoms in total. The number of rotatable bonds is 5. The Hall–Kier alpha value is -2.02. The number of likely N-dealkylation sites (tertiary alicyclic amines) is 1. The van der Waals surface area contributed by atoms with E-state index in [4.69, 9.17) is 4.52 Å². The van der Waals surface area contributed by atoms with Gasteiger partial charge in [0.25, 0.3) is 0 Å². The van der Waals surface area contributed by atoms with Gasteiger partial charge in [0.05, 0.1) is 12.2 Å². The van der Waals surface area contributed by atoms with Crippen LogP contribution in [0.2, 0.25) is 0 Å². The van der Waals surface area contributed by atoms with Crippen LogP contribution in [-0.2, 0) is 6.54 Å². The molecule has 0 N–H and O–H groups in total. The Morgan fingerprint density at radius 1 is 1.30 bits per heavy atom. The third-order valence-electron chi connectivity index (χ3n) is 4.18. The summed E-state index contributed by atoms with van der Waals surface area (Å²) in [6.07, 6.45) is 1.29. The van der Waals surface area contributed by atoms with Crippen LogP contribution in [0.4, 0.5) is 10.2 Å². The highest BCUT2D eigenvalue weighted by atomic mass is 19.1. The monoisotopic (exact) mass is 319 g/mol. The Bertz CT molecular complexity index is 661. The molecule has 3 heterocycles. The molecule has 0 spiro atoms. The zero-order chi connectivity index (χ0) is 16.4. The van der Waals surface area contributed by atoms with Gasteiger partial charge in [0.2, 0.25) is 0 Å². The van der Waals surface area contributed by atoms with Gasteiger partial charge in [-0.1, -0.05) is 5.16 Å². The molecule has 7 heteroatoms. The van der Waals surface area contributed by atoms with E-state index in [0.29, 0.717) is 26.1 Å². The van der Waals surface area contributed by atoms with Crippen LogP contribution in [-0.4, -0.2) is 52.4 Å². The fourth-order valence-corrected chi connectivity index (χ4v) is 3.06. The summed E-state index contributed by atoms with van der Waals surface area (Å²) < 4.78 is 19.2. The van der Waals surface area contributed by atoms with Crippen LogP contribution in [0.3, 0.4) is 0 Å². The summed E-state index contributed by atoms with van der Waals surface area (Å²) >= 11 is 0. The van der Waals surface area contributed by atoms with E-state index < -0.39 is 6.17 Å². The Morgan fingerprint density at radius 2 is 2.13 bits per heavy atom. The van der Waals surface area contributed by atoms with Gasteiger partial charge in [0, 0.05) is 44.0 Å². The summed E-state index contributed by atoms with van der Waals surface area (Å²) in [4.78, 5) is 12.6. The lowest BCUT2D eigenvalue weighted by molar-refractivity contribution is 0.209. The van der Waals surface area contributed by atoms with Gasteiger partial charge in [0.15, 0.2) is 5.76 Å². The number of aryl methyl sites for hydroxylation is 2. The smallest absolute Gasteiger partial charge is 0.150 e. The quantitative estimate of drug-likeness (QED) is 0.841. The molecule has 1 fully saturated rings. The summed E-state index contributed by atoms with van der Waals surface area (Å²) in [5.74, 6) is 1.64. The number of halogens is 1. The van der Waals surface area contributed by atoms with Crippen LogP contribution < -0.4 is 4.90 Å². The molecule has 0 saturated carbocycles. The molecule has 2 aromatic rings. The summed E-state index contributed by atoms with van der Waals surface area (Å²) in [5.41, 5.74) is 1.77. The van der Waals surface area contributed by atoms with Crippen LogP contribution >= 0.6 is 0 Å². The molecule has 2 aromatic heterocycles. The molecular weight excluding hydrogens is 297 g/mol. The van der Waals surface area contributed by atoms with Gasteiger partial charge >= 0.3 is 0 Å². The van der Waals surface area contributed by atoms with Gasteiger partial charge in [-0.2, -0.15) is 0 Å². The predicted molar refractivity (Wildman–Crippen MR) is 85.0 cm³/mol. The molecule has 1 aliphatic rings. The SMILES string of the molecule is Cc1cc(N(C)C[C@@H]2C[C@H](F)CN2Cc2cc(C)no2)ncn1. The first-order chi connectivity index (χ1) is 11.0. The van der Waals surface area contributed by atoms with E-state index in [1.807, 2.05) is 33.0 Å². The van der Waals surface area contributed by atoms with Crippen LogP contribution in [0.15, 0.2) is 23.0 Å². The number of aromatic nitrogens is 3.